The number of hydrogen-bond acceptors (Lipinski definition) is 1. The summed E-state index contributed by atoms with van der Waals surface area (Å²) in [6, 6.07) is 0. The average molecular weight is 189 g/mol. The number of nitrogens with zero attached hydrogens (tertiary/aromatic N) is 1. The number of hydrogen-bond donors (Lipinski definition) is 0. The summed E-state index contributed by atoms with van der Waals surface area (Å²) in [6.07, 6.45) is 7.16. The Balaban J connectivity index is 0.00000121. The first-order chi connectivity index (χ1) is 5.27. The zero-order chi connectivity index (χ0) is 8.16. The lowest BCUT2D eigenvalue weighted by Gasteiger charge is -2.37. The number of rotatable bonds is 3. The first kappa shape index (κ1) is 12.3. The van der Waals surface area contributed by atoms with Crippen LogP contribution in [-0.4, -0.2) is 31.2 Å². The molecule has 74 valence electrons. The van der Waals surface area contributed by atoms with Gasteiger partial charge in [-0.3, -0.25) is 0 Å². The van der Waals surface area contributed by atoms with Crippen LogP contribution in [0.5, 0.6) is 0 Å². The Morgan fingerprint density at radius 1 is 1.08 bits per heavy atom. The van der Waals surface area contributed by atoms with Crippen LogP contribution in [0.4, 0.5) is 0 Å². The Kier molecular flexibility index (Phi) is 6.02. The number of unbranched alkanes of at least 4 members (excludes halogenated alkanes) is 1. The Hall–Kier alpha value is 0.310. The summed E-state index contributed by atoms with van der Waals surface area (Å²) in [5.41, 5.74) is 0. The lowest BCUT2D eigenvalue weighted by molar-refractivity contribution is -0.914. The van der Waals surface area contributed by atoms with Crippen molar-refractivity contribution in [3.63, 3.8) is 0 Å². The third-order valence-corrected chi connectivity index (χ3v) is 2.95. The molecule has 1 aliphatic rings. The van der Waals surface area contributed by atoms with Crippen molar-refractivity contribution in [3.05, 3.63) is 0 Å². The van der Waals surface area contributed by atoms with Crippen molar-refractivity contribution >= 4 is 13.5 Å². The molecule has 0 aromatic heterocycles. The van der Waals surface area contributed by atoms with Crippen molar-refractivity contribution in [3.8, 4) is 0 Å². The van der Waals surface area contributed by atoms with Gasteiger partial charge in [0.25, 0.3) is 0 Å². The Labute approximate surface area is 84.2 Å². The van der Waals surface area contributed by atoms with Crippen LogP contribution in [-0.2, 0) is 13.5 Å². The molecule has 0 bridgehead atoms. The van der Waals surface area contributed by atoms with Crippen molar-refractivity contribution in [2.75, 3.05) is 26.7 Å². The molecule has 0 unspecified atom stereocenters. The van der Waals surface area contributed by atoms with Gasteiger partial charge in [0.05, 0.1) is 26.7 Å². The molecule has 0 N–H and O–H groups in total. The number of piperidine rings is 1. The van der Waals surface area contributed by atoms with Crippen molar-refractivity contribution < 1.29 is 4.48 Å². The van der Waals surface area contributed by atoms with Crippen LogP contribution in [0.2, 0.25) is 0 Å². The van der Waals surface area contributed by atoms with Crippen LogP contribution in [0, 0.1) is 0 Å². The van der Waals surface area contributed by atoms with Gasteiger partial charge >= 0.3 is 0 Å². The number of quaternary nitrogens is 1. The predicted molar refractivity (Wildman–Crippen MR) is 58.3 cm³/mol. The molecule has 0 radical (unpaired) electrons. The van der Waals surface area contributed by atoms with Crippen LogP contribution >= 0.6 is 0 Å². The second-order valence-electron chi connectivity index (χ2n) is 4.20. The molecule has 0 spiro atoms. The Morgan fingerprint density at radius 3 is 2.17 bits per heavy atom. The lowest BCUT2D eigenvalue weighted by Crippen LogP contribution is -2.48. The minimum absolute atomic E-state index is 0. The van der Waals surface area contributed by atoms with E-state index in [0.29, 0.717) is 0 Å². The topological polar surface area (TPSA) is 0 Å². The second-order valence-corrected chi connectivity index (χ2v) is 4.20. The van der Waals surface area contributed by atoms with Gasteiger partial charge in [-0.15, -0.1) is 0 Å². The quantitative estimate of drug-likeness (QED) is 0.372. The van der Waals surface area contributed by atoms with Crippen LogP contribution in [0.15, 0.2) is 0 Å². The van der Waals surface area contributed by atoms with E-state index in [2.05, 4.69) is 14.0 Å². The molecule has 0 aromatic carbocycles. The molecule has 1 aliphatic heterocycles. The molecule has 1 rings (SSSR count). The fourth-order valence-electron chi connectivity index (χ4n) is 2.04. The second kappa shape index (κ2) is 5.87. The van der Waals surface area contributed by atoms with E-state index in [1.807, 2.05) is 0 Å². The van der Waals surface area contributed by atoms with E-state index in [1.165, 1.54) is 56.2 Å². The van der Waals surface area contributed by atoms with Crippen LogP contribution in [0.25, 0.3) is 0 Å². The van der Waals surface area contributed by atoms with Gasteiger partial charge in [-0.1, -0.05) is 13.3 Å². The molecule has 0 amide bonds. The first-order valence-corrected chi connectivity index (χ1v) is 5.10. The summed E-state index contributed by atoms with van der Waals surface area (Å²) in [6.45, 7) is 6.56. The van der Waals surface area contributed by atoms with Gasteiger partial charge in [0, 0.05) is 0 Å². The van der Waals surface area contributed by atoms with E-state index in [-0.39, 0.29) is 13.5 Å². The SMILES string of the molecule is CCCC[N+]1(C)CCCCC1.[SH-]. The molecule has 0 atom stereocenters. The standard InChI is InChI=1S/C10H22N.H2S/c1-3-4-8-11(2)9-6-5-7-10-11;/h3-10H2,1-2H3;1H2/q+1;/p-1. The van der Waals surface area contributed by atoms with Crippen LogP contribution in [0.1, 0.15) is 39.0 Å². The highest BCUT2D eigenvalue weighted by molar-refractivity contribution is 7.37. The van der Waals surface area contributed by atoms with Gasteiger partial charge in [-0.05, 0) is 25.7 Å². The summed E-state index contributed by atoms with van der Waals surface area (Å²) in [4.78, 5) is 0. The highest BCUT2D eigenvalue weighted by Gasteiger charge is 2.23. The average Bonchev–Trinajstić information content (AvgIpc) is 2.03. The minimum Gasteiger partial charge on any atom is -0.813 e. The summed E-state index contributed by atoms with van der Waals surface area (Å²) in [5.74, 6) is 0. The zero-order valence-electron chi connectivity index (χ0n) is 8.55. The number of thiol groups is 1. The summed E-state index contributed by atoms with van der Waals surface area (Å²) >= 11 is 0. The highest BCUT2D eigenvalue weighted by atomic mass is 32.1. The monoisotopic (exact) mass is 189 g/mol. The van der Waals surface area contributed by atoms with E-state index >= 15 is 0 Å². The van der Waals surface area contributed by atoms with Crippen molar-refractivity contribution in [1.29, 1.82) is 0 Å². The normalized spacial score (nSPS) is 21.5. The fraction of sp³-hybridized carbons (Fsp3) is 1.00. The van der Waals surface area contributed by atoms with Gasteiger partial charge in [-0.2, -0.15) is 0 Å². The van der Waals surface area contributed by atoms with Gasteiger partial charge in [0.15, 0.2) is 0 Å². The van der Waals surface area contributed by atoms with Crippen molar-refractivity contribution in [2.45, 2.75) is 39.0 Å². The van der Waals surface area contributed by atoms with Crippen molar-refractivity contribution in [2.24, 2.45) is 0 Å². The molecule has 2 heteroatoms. The third-order valence-electron chi connectivity index (χ3n) is 2.95. The highest BCUT2D eigenvalue weighted by Crippen LogP contribution is 2.16. The van der Waals surface area contributed by atoms with E-state index < -0.39 is 0 Å². The molecular weight excluding hydrogens is 166 g/mol. The molecule has 1 fully saturated rings. The lowest BCUT2D eigenvalue weighted by atomic mass is 10.1. The maximum absolute atomic E-state index is 2.43. The molecule has 12 heavy (non-hydrogen) atoms. The predicted octanol–water partition coefficient (Wildman–Crippen LogP) is 2.15. The largest absolute Gasteiger partial charge is 0.813 e. The summed E-state index contributed by atoms with van der Waals surface area (Å²) in [5, 5.41) is 0. The van der Waals surface area contributed by atoms with Gasteiger partial charge in [-0.25, -0.2) is 0 Å². The maximum Gasteiger partial charge on any atom is 0.0784 e. The Bertz CT molecular complexity index is 108. The van der Waals surface area contributed by atoms with Crippen LogP contribution in [0.3, 0.4) is 0 Å². The smallest absolute Gasteiger partial charge is 0.0784 e. The third kappa shape index (κ3) is 3.81. The van der Waals surface area contributed by atoms with Crippen molar-refractivity contribution in [1.82, 2.24) is 0 Å². The maximum atomic E-state index is 2.43. The minimum atomic E-state index is 0. The fourth-order valence-corrected chi connectivity index (χ4v) is 2.04. The van der Waals surface area contributed by atoms with E-state index in [0.717, 1.165) is 0 Å². The summed E-state index contributed by atoms with van der Waals surface area (Å²) in [7, 11) is 2.43. The van der Waals surface area contributed by atoms with E-state index in [9.17, 15) is 0 Å². The molecule has 1 heterocycles. The molecule has 0 aliphatic carbocycles. The molecule has 1 nitrogen and oxygen atoms in total. The number of likely N-dealkylation sites (tertiary alicyclic amines) is 1. The van der Waals surface area contributed by atoms with Gasteiger partial charge in [0.2, 0.25) is 0 Å². The van der Waals surface area contributed by atoms with Crippen LogP contribution < -0.4 is 0 Å². The van der Waals surface area contributed by atoms with E-state index in [1.54, 1.807) is 0 Å². The van der Waals surface area contributed by atoms with E-state index in [4.69, 9.17) is 0 Å². The molecular formula is C10H23NS. The molecule has 0 saturated carbocycles. The Morgan fingerprint density at radius 2 is 1.67 bits per heavy atom. The molecule has 0 aromatic rings. The first-order valence-electron chi connectivity index (χ1n) is 5.10. The zero-order valence-corrected chi connectivity index (χ0v) is 9.45. The molecule has 1 saturated heterocycles. The summed E-state index contributed by atoms with van der Waals surface area (Å²) < 4.78 is 1.36. The van der Waals surface area contributed by atoms with Gasteiger partial charge < -0.3 is 18.0 Å². The van der Waals surface area contributed by atoms with Gasteiger partial charge in [0.1, 0.15) is 0 Å².